The van der Waals surface area contributed by atoms with Gasteiger partial charge in [0, 0.05) is 30.9 Å². The second-order valence-electron chi connectivity index (χ2n) is 5.77. The van der Waals surface area contributed by atoms with Crippen molar-refractivity contribution in [3.63, 3.8) is 0 Å². The van der Waals surface area contributed by atoms with Gasteiger partial charge in [0.15, 0.2) is 10.8 Å². The van der Waals surface area contributed by atoms with E-state index in [1.165, 1.54) is 25.2 Å². The molecule has 0 N–H and O–H groups in total. The molecule has 0 radical (unpaired) electrons. The van der Waals surface area contributed by atoms with Crippen molar-refractivity contribution in [2.45, 2.75) is 20.0 Å². The van der Waals surface area contributed by atoms with E-state index in [4.69, 9.17) is 0 Å². The lowest BCUT2D eigenvalue weighted by molar-refractivity contribution is -0.141. The zero-order chi connectivity index (χ0) is 21.8. The molecule has 0 aromatic carbocycles. The first-order chi connectivity index (χ1) is 13.6. The van der Waals surface area contributed by atoms with E-state index in [1.807, 2.05) is 0 Å². The van der Waals surface area contributed by atoms with Gasteiger partial charge < -0.3 is 4.74 Å². The molecule has 0 aliphatic rings. The number of esters is 1. The average Bonchev–Trinajstić information content (AvgIpc) is 3.23. The van der Waals surface area contributed by atoms with Gasteiger partial charge in [0.25, 0.3) is 5.91 Å². The molecule has 156 valence electrons. The van der Waals surface area contributed by atoms with Crippen LogP contribution in [0.25, 0.3) is 6.08 Å². The highest BCUT2D eigenvalue weighted by atomic mass is 32.1. The van der Waals surface area contributed by atoms with Gasteiger partial charge in [0.05, 0.1) is 12.8 Å². The third kappa shape index (κ3) is 5.11. The number of thiazole rings is 1. The lowest BCUT2D eigenvalue weighted by atomic mass is 10.2. The van der Waals surface area contributed by atoms with E-state index in [0.29, 0.717) is 16.9 Å². The van der Waals surface area contributed by atoms with Crippen molar-refractivity contribution in [3.8, 4) is 0 Å². The third-order valence-electron chi connectivity index (χ3n) is 3.83. The normalized spacial score (nSPS) is 11.7. The molecule has 1 amide bonds. The molecule has 0 aliphatic heterocycles. The van der Waals surface area contributed by atoms with Crippen molar-refractivity contribution in [2.24, 2.45) is 7.05 Å². The number of carbonyl (C=O) groups excluding carboxylic acids is 2. The Labute approximate surface area is 169 Å². The molecule has 0 bridgehead atoms. The predicted octanol–water partition coefficient (Wildman–Crippen LogP) is 3.61. The van der Waals surface area contributed by atoms with Gasteiger partial charge in [-0.05, 0) is 19.9 Å². The fourth-order valence-electron chi connectivity index (χ4n) is 2.27. The first kappa shape index (κ1) is 22.3. The molecule has 2 heterocycles. The van der Waals surface area contributed by atoms with Crippen molar-refractivity contribution in [1.82, 2.24) is 14.8 Å². The van der Waals surface area contributed by atoms with Crippen molar-refractivity contribution in [3.05, 3.63) is 46.8 Å². The van der Waals surface area contributed by atoms with Crippen LogP contribution >= 0.6 is 11.3 Å². The van der Waals surface area contributed by atoms with E-state index in [1.54, 1.807) is 24.9 Å². The van der Waals surface area contributed by atoms with E-state index in [2.05, 4.69) is 21.4 Å². The third-order valence-corrected chi connectivity index (χ3v) is 4.89. The molecule has 11 heteroatoms. The summed E-state index contributed by atoms with van der Waals surface area (Å²) >= 11 is 0.441. The van der Waals surface area contributed by atoms with Crippen molar-refractivity contribution >= 4 is 34.4 Å². The summed E-state index contributed by atoms with van der Waals surface area (Å²) in [6.45, 7) is 6.62. The second-order valence-corrected chi connectivity index (χ2v) is 6.75. The van der Waals surface area contributed by atoms with E-state index < -0.39 is 28.6 Å². The lowest BCUT2D eigenvalue weighted by Crippen LogP contribution is -2.29. The zero-order valence-electron chi connectivity index (χ0n) is 16.0. The molecule has 0 atom stereocenters. The molecule has 2 aromatic rings. The largest absolute Gasteiger partial charge is 0.462 e. The van der Waals surface area contributed by atoms with Crippen LogP contribution in [0.15, 0.2) is 24.9 Å². The Hall–Kier alpha value is -2.95. The van der Waals surface area contributed by atoms with Crippen molar-refractivity contribution in [1.29, 1.82) is 0 Å². The zero-order valence-corrected chi connectivity index (χ0v) is 16.8. The van der Waals surface area contributed by atoms with Crippen LogP contribution in [0.1, 0.15) is 33.5 Å². The number of rotatable bonds is 7. The summed E-state index contributed by atoms with van der Waals surface area (Å²) in [6.07, 6.45) is 0.737. The van der Waals surface area contributed by atoms with Gasteiger partial charge in [-0.25, -0.2) is 9.78 Å². The molecule has 0 saturated carbocycles. The van der Waals surface area contributed by atoms with E-state index in [-0.39, 0.29) is 18.3 Å². The summed E-state index contributed by atoms with van der Waals surface area (Å²) in [5.74, 6) is -1.76. The minimum atomic E-state index is -4.87. The number of aryl methyl sites for hydroxylation is 1. The predicted molar refractivity (Wildman–Crippen MR) is 103 cm³/mol. The average molecular weight is 428 g/mol. The summed E-state index contributed by atoms with van der Waals surface area (Å²) < 4.78 is 46.3. The molecule has 29 heavy (non-hydrogen) atoms. The quantitative estimate of drug-likeness (QED) is 0.383. The number of nitrogens with zero attached hydrogens (tertiary/aromatic N) is 4. The highest BCUT2D eigenvalue weighted by Crippen LogP contribution is 2.38. The minimum absolute atomic E-state index is 0.0914. The Bertz CT molecular complexity index is 947. The van der Waals surface area contributed by atoms with E-state index in [9.17, 15) is 22.8 Å². The van der Waals surface area contributed by atoms with Crippen LogP contribution in [-0.2, 0) is 22.8 Å². The molecule has 0 spiro atoms. The summed E-state index contributed by atoms with van der Waals surface area (Å²) in [5.41, 5.74) is 0.106. The van der Waals surface area contributed by atoms with Gasteiger partial charge >= 0.3 is 12.1 Å². The summed E-state index contributed by atoms with van der Waals surface area (Å²) in [7, 11) is 1.74. The van der Waals surface area contributed by atoms with Gasteiger partial charge in [-0.15, -0.1) is 6.58 Å². The fourth-order valence-corrected chi connectivity index (χ4v) is 3.27. The molecule has 2 rings (SSSR count). The van der Waals surface area contributed by atoms with Crippen molar-refractivity contribution in [2.75, 3.05) is 18.1 Å². The molecule has 0 unspecified atom stereocenters. The van der Waals surface area contributed by atoms with E-state index in [0.717, 1.165) is 10.6 Å². The smallest absolute Gasteiger partial charge is 0.435 e. The maximum atomic E-state index is 13.3. The van der Waals surface area contributed by atoms with Gasteiger partial charge in [-0.1, -0.05) is 17.4 Å². The van der Waals surface area contributed by atoms with Gasteiger partial charge in [-0.2, -0.15) is 18.3 Å². The summed E-state index contributed by atoms with van der Waals surface area (Å²) in [5, 5.41) is 3.77. The number of hydrogen-bond acceptors (Lipinski definition) is 6. The molecular formula is C18H19F3N4O3S. The number of carbonyl (C=O) groups is 2. The van der Waals surface area contributed by atoms with Gasteiger partial charge in [-0.3, -0.25) is 14.4 Å². The number of hydrogen-bond donors (Lipinski definition) is 0. The van der Waals surface area contributed by atoms with Crippen LogP contribution in [0.2, 0.25) is 0 Å². The first-order valence-corrected chi connectivity index (χ1v) is 9.26. The number of aromatic nitrogens is 3. The maximum Gasteiger partial charge on any atom is 0.435 e. The Balaban J connectivity index is 2.41. The Morgan fingerprint density at radius 3 is 2.62 bits per heavy atom. The van der Waals surface area contributed by atoms with Crippen molar-refractivity contribution < 1.29 is 27.5 Å². The number of halogens is 3. The fraction of sp³-hybridized carbons (Fsp3) is 0.333. The number of amides is 1. The SMILES string of the molecule is C=CCN(C(=O)/C=C/c1cnn(C)c1C)c1nc(C(F)(F)F)c(C(=O)OCC)s1. The van der Waals surface area contributed by atoms with Crippen LogP contribution in [0, 0.1) is 6.92 Å². The van der Waals surface area contributed by atoms with E-state index >= 15 is 0 Å². The molecule has 2 aromatic heterocycles. The standard InChI is InChI=1S/C18H19F3N4O3S/c1-5-9-25(13(26)8-7-12-10-22-24(4)11(12)3)17-23-15(18(19,20)21)14(29-17)16(27)28-6-2/h5,7-8,10H,1,6,9H2,2-4H3/b8-7+. The van der Waals surface area contributed by atoms with Crippen LogP contribution in [-0.4, -0.2) is 39.8 Å². The monoisotopic (exact) mass is 428 g/mol. The first-order valence-electron chi connectivity index (χ1n) is 8.44. The number of ether oxygens (including phenoxy) is 1. The van der Waals surface area contributed by atoms with Crippen LogP contribution in [0.3, 0.4) is 0 Å². The second kappa shape index (κ2) is 9.03. The minimum Gasteiger partial charge on any atom is -0.462 e. The molecule has 0 fully saturated rings. The van der Waals surface area contributed by atoms with Gasteiger partial charge in [0.1, 0.15) is 4.88 Å². The Morgan fingerprint density at radius 2 is 2.10 bits per heavy atom. The van der Waals surface area contributed by atoms with Crippen LogP contribution in [0.4, 0.5) is 18.3 Å². The van der Waals surface area contributed by atoms with Crippen LogP contribution in [0.5, 0.6) is 0 Å². The lowest BCUT2D eigenvalue weighted by Gasteiger charge is -2.15. The highest BCUT2D eigenvalue weighted by molar-refractivity contribution is 7.17. The topological polar surface area (TPSA) is 77.3 Å². The van der Waals surface area contributed by atoms with Crippen LogP contribution < -0.4 is 4.90 Å². The molecule has 0 saturated heterocycles. The van der Waals surface area contributed by atoms with Gasteiger partial charge in [0.2, 0.25) is 0 Å². The highest BCUT2D eigenvalue weighted by Gasteiger charge is 2.41. The number of alkyl halides is 3. The molecule has 7 nitrogen and oxygen atoms in total. The molecule has 0 aliphatic carbocycles. The maximum absolute atomic E-state index is 13.3. The number of anilines is 1. The Morgan fingerprint density at radius 1 is 1.41 bits per heavy atom. The summed E-state index contributed by atoms with van der Waals surface area (Å²) in [6, 6.07) is 0. The molecular weight excluding hydrogens is 409 g/mol. The Kier molecular flexibility index (Phi) is 6.96. The summed E-state index contributed by atoms with van der Waals surface area (Å²) in [4.78, 5) is 28.3.